The van der Waals surface area contributed by atoms with Crippen molar-refractivity contribution < 1.29 is 9.15 Å². The lowest BCUT2D eigenvalue weighted by Crippen LogP contribution is -2.02. The molecule has 0 bridgehead atoms. The summed E-state index contributed by atoms with van der Waals surface area (Å²) in [5, 5.41) is 1.92. The number of rotatable bonds is 5. The molecule has 6 nitrogen and oxygen atoms in total. The van der Waals surface area contributed by atoms with Crippen LogP contribution in [0, 0.1) is 0 Å². The average Bonchev–Trinajstić information content (AvgIpc) is 3.34. The third-order valence-corrected chi connectivity index (χ3v) is 5.78. The fourth-order valence-corrected chi connectivity index (χ4v) is 4.25. The maximum atomic E-state index is 6.10. The minimum Gasteiger partial charge on any atom is -0.497 e. The third-order valence-electron chi connectivity index (χ3n) is 4.79. The number of benzene rings is 2. The Bertz CT molecular complexity index is 1310. The maximum Gasteiger partial charge on any atom is 0.174 e. The predicted molar refractivity (Wildman–Crippen MR) is 114 cm³/mol. The van der Waals surface area contributed by atoms with Crippen LogP contribution in [0.5, 0.6) is 5.75 Å². The lowest BCUT2D eigenvalue weighted by Gasteiger charge is -2.10. The van der Waals surface area contributed by atoms with Crippen LogP contribution in [-0.4, -0.2) is 21.6 Å². The van der Waals surface area contributed by atoms with Gasteiger partial charge in [-0.15, -0.1) is 0 Å². The molecule has 5 rings (SSSR count). The second-order valence-corrected chi connectivity index (χ2v) is 7.66. The van der Waals surface area contributed by atoms with E-state index in [1.165, 1.54) is 0 Å². The molecular formula is C22H18N4O2S. The first kappa shape index (κ1) is 17.6. The van der Waals surface area contributed by atoms with Gasteiger partial charge in [-0.1, -0.05) is 23.9 Å². The summed E-state index contributed by atoms with van der Waals surface area (Å²) < 4.78 is 12.9. The average molecular weight is 402 g/mol. The van der Waals surface area contributed by atoms with Gasteiger partial charge in [0.15, 0.2) is 11.0 Å². The van der Waals surface area contributed by atoms with E-state index in [4.69, 9.17) is 19.9 Å². The number of ether oxygens (including phenoxy) is 1. The van der Waals surface area contributed by atoms with Crippen LogP contribution in [0.2, 0.25) is 0 Å². The number of nitrogen functional groups attached to an aromatic ring is 1. The SMILES string of the molecule is COc1ccc(Cn2c(Sc3ccc4occc4c3)nc3c(N)nccc32)cc1. The number of furan rings is 1. The van der Waals surface area contributed by atoms with E-state index < -0.39 is 0 Å². The van der Waals surface area contributed by atoms with Crippen LogP contribution in [0.25, 0.3) is 22.0 Å². The molecule has 0 spiro atoms. The van der Waals surface area contributed by atoms with Gasteiger partial charge in [0, 0.05) is 16.5 Å². The quantitative estimate of drug-likeness (QED) is 0.447. The Morgan fingerprint density at radius 1 is 1.10 bits per heavy atom. The third kappa shape index (κ3) is 3.30. The second kappa shape index (κ2) is 7.18. The lowest BCUT2D eigenvalue weighted by molar-refractivity contribution is 0.414. The Morgan fingerprint density at radius 2 is 1.97 bits per heavy atom. The topological polar surface area (TPSA) is 79.1 Å². The molecule has 0 aliphatic carbocycles. The van der Waals surface area contributed by atoms with Crippen molar-refractivity contribution >= 4 is 39.6 Å². The van der Waals surface area contributed by atoms with Crippen molar-refractivity contribution in [1.82, 2.24) is 14.5 Å². The van der Waals surface area contributed by atoms with E-state index in [1.807, 2.05) is 36.4 Å². The highest BCUT2D eigenvalue weighted by Gasteiger charge is 2.15. The van der Waals surface area contributed by atoms with E-state index in [2.05, 4.69) is 27.8 Å². The summed E-state index contributed by atoms with van der Waals surface area (Å²) in [5.74, 6) is 1.27. The summed E-state index contributed by atoms with van der Waals surface area (Å²) in [6.45, 7) is 0.667. The van der Waals surface area contributed by atoms with E-state index in [1.54, 1.807) is 31.3 Å². The van der Waals surface area contributed by atoms with Crippen LogP contribution in [0.3, 0.4) is 0 Å². The zero-order valence-electron chi connectivity index (χ0n) is 15.7. The van der Waals surface area contributed by atoms with Gasteiger partial charge in [0.05, 0.1) is 25.4 Å². The smallest absolute Gasteiger partial charge is 0.174 e. The molecule has 7 heteroatoms. The van der Waals surface area contributed by atoms with Crippen LogP contribution in [0.1, 0.15) is 5.56 Å². The van der Waals surface area contributed by atoms with Crippen LogP contribution < -0.4 is 10.5 Å². The Hall–Kier alpha value is -3.45. The first-order chi connectivity index (χ1) is 14.2. The Labute approximate surface area is 171 Å². The molecule has 0 aliphatic rings. The summed E-state index contributed by atoms with van der Waals surface area (Å²) >= 11 is 1.60. The molecule has 0 saturated heterocycles. The lowest BCUT2D eigenvalue weighted by atomic mass is 10.2. The fraction of sp³-hybridized carbons (Fsp3) is 0.0909. The standard InChI is InChI=1S/C22H18N4O2S/c1-27-16-4-2-14(3-5-16)13-26-18-8-10-24-21(23)20(18)25-22(26)29-17-6-7-19-15(12-17)9-11-28-19/h2-12H,13H2,1H3,(H2,23,24). The molecule has 0 atom stereocenters. The number of nitrogens with zero attached hydrogens (tertiary/aromatic N) is 3. The number of hydrogen-bond acceptors (Lipinski definition) is 6. The van der Waals surface area contributed by atoms with Crippen LogP contribution >= 0.6 is 11.8 Å². The highest BCUT2D eigenvalue weighted by atomic mass is 32.2. The molecular weight excluding hydrogens is 384 g/mol. The van der Waals surface area contributed by atoms with Crippen LogP contribution in [0.15, 0.2) is 81.5 Å². The molecule has 2 N–H and O–H groups in total. The van der Waals surface area contributed by atoms with Gasteiger partial charge in [0.25, 0.3) is 0 Å². The van der Waals surface area contributed by atoms with Gasteiger partial charge in [-0.3, -0.25) is 0 Å². The zero-order chi connectivity index (χ0) is 19.8. The van der Waals surface area contributed by atoms with Gasteiger partial charge in [0.2, 0.25) is 0 Å². The molecule has 2 aromatic carbocycles. The number of methoxy groups -OCH3 is 1. The highest BCUT2D eigenvalue weighted by molar-refractivity contribution is 7.99. The van der Waals surface area contributed by atoms with Crippen molar-refractivity contribution in [3.63, 3.8) is 0 Å². The number of pyridine rings is 1. The molecule has 3 aromatic heterocycles. The molecule has 29 heavy (non-hydrogen) atoms. The van der Waals surface area contributed by atoms with E-state index in [0.717, 1.165) is 37.9 Å². The van der Waals surface area contributed by atoms with Crippen molar-refractivity contribution in [2.24, 2.45) is 0 Å². The summed E-state index contributed by atoms with van der Waals surface area (Å²) in [7, 11) is 1.67. The van der Waals surface area contributed by atoms with Crippen molar-refractivity contribution in [2.75, 3.05) is 12.8 Å². The Morgan fingerprint density at radius 3 is 2.79 bits per heavy atom. The summed E-state index contributed by atoms with van der Waals surface area (Å²) in [6, 6.07) is 18.1. The molecule has 5 aromatic rings. The minimum atomic E-state index is 0.433. The maximum absolute atomic E-state index is 6.10. The second-order valence-electron chi connectivity index (χ2n) is 6.61. The summed E-state index contributed by atoms with van der Waals surface area (Å²) in [5.41, 5.74) is 9.79. The van der Waals surface area contributed by atoms with Crippen molar-refractivity contribution in [1.29, 1.82) is 0 Å². The van der Waals surface area contributed by atoms with Crippen molar-refractivity contribution in [2.45, 2.75) is 16.6 Å². The van der Waals surface area contributed by atoms with Crippen molar-refractivity contribution in [3.05, 3.63) is 72.6 Å². The number of anilines is 1. The summed E-state index contributed by atoms with van der Waals surface area (Å²) in [4.78, 5) is 10.1. The first-order valence-corrected chi connectivity index (χ1v) is 9.92. The van der Waals surface area contributed by atoms with E-state index in [9.17, 15) is 0 Å². The number of imidazole rings is 1. The van der Waals surface area contributed by atoms with Crippen LogP contribution in [0.4, 0.5) is 5.82 Å². The Balaban J connectivity index is 1.57. The first-order valence-electron chi connectivity index (χ1n) is 9.10. The fourth-order valence-electron chi connectivity index (χ4n) is 3.31. The van der Waals surface area contributed by atoms with Gasteiger partial charge in [-0.05, 0) is 48.0 Å². The van der Waals surface area contributed by atoms with Gasteiger partial charge in [0.1, 0.15) is 16.8 Å². The molecule has 0 fully saturated rings. The van der Waals surface area contributed by atoms with E-state index in [-0.39, 0.29) is 0 Å². The Kier molecular flexibility index (Phi) is 4.37. The normalized spacial score (nSPS) is 11.3. The van der Waals surface area contributed by atoms with E-state index >= 15 is 0 Å². The molecule has 144 valence electrons. The van der Waals surface area contributed by atoms with E-state index in [0.29, 0.717) is 17.9 Å². The monoisotopic (exact) mass is 402 g/mol. The van der Waals surface area contributed by atoms with Gasteiger partial charge >= 0.3 is 0 Å². The van der Waals surface area contributed by atoms with Crippen molar-refractivity contribution in [3.8, 4) is 5.75 Å². The summed E-state index contributed by atoms with van der Waals surface area (Å²) in [6.07, 6.45) is 3.42. The predicted octanol–water partition coefficient (Wildman–Crippen LogP) is 4.97. The molecule has 0 amide bonds. The highest BCUT2D eigenvalue weighted by Crippen LogP contribution is 2.34. The molecule has 0 radical (unpaired) electrons. The molecule has 3 heterocycles. The van der Waals surface area contributed by atoms with Crippen LogP contribution in [-0.2, 0) is 6.54 Å². The van der Waals surface area contributed by atoms with Gasteiger partial charge in [-0.2, -0.15) is 0 Å². The number of fused-ring (bicyclic) bond motifs is 2. The number of nitrogens with two attached hydrogens (primary N) is 1. The number of hydrogen-bond donors (Lipinski definition) is 1. The van der Waals surface area contributed by atoms with Gasteiger partial charge in [-0.25, -0.2) is 9.97 Å². The van der Waals surface area contributed by atoms with Gasteiger partial charge < -0.3 is 19.5 Å². The minimum absolute atomic E-state index is 0.433. The largest absolute Gasteiger partial charge is 0.497 e. The number of aromatic nitrogens is 3. The molecule has 0 unspecified atom stereocenters. The molecule has 0 saturated carbocycles. The zero-order valence-corrected chi connectivity index (χ0v) is 16.5. The molecule has 0 aliphatic heterocycles.